The number of alkyl carbamates (subject to hydrolysis) is 1. The van der Waals surface area contributed by atoms with Gasteiger partial charge in [0.1, 0.15) is 5.60 Å². The van der Waals surface area contributed by atoms with Gasteiger partial charge in [0.15, 0.2) is 0 Å². The van der Waals surface area contributed by atoms with Gasteiger partial charge in [0.25, 0.3) is 0 Å². The first-order chi connectivity index (χ1) is 10.2. The van der Waals surface area contributed by atoms with Crippen LogP contribution < -0.4 is 10.6 Å². The van der Waals surface area contributed by atoms with Crippen molar-refractivity contribution < 1.29 is 14.3 Å². The number of amides is 1. The first kappa shape index (κ1) is 19.2. The quantitative estimate of drug-likeness (QED) is 0.723. The Labute approximate surface area is 135 Å². The fraction of sp³-hybridized carbons (Fsp3) is 0.941. The number of ether oxygens (including phenoxy) is 2. The smallest absolute Gasteiger partial charge is 0.407 e. The molecule has 2 N–H and O–H groups in total. The molecule has 0 aromatic carbocycles. The first-order valence-electron chi connectivity index (χ1n) is 8.53. The largest absolute Gasteiger partial charge is 0.444 e. The molecule has 1 unspecified atom stereocenters. The van der Waals surface area contributed by atoms with E-state index in [4.69, 9.17) is 9.47 Å². The molecule has 0 aliphatic heterocycles. The number of carbonyl (C=O) groups is 1. The molecule has 22 heavy (non-hydrogen) atoms. The Hall–Kier alpha value is -0.810. The lowest BCUT2D eigenvalue weighted by Gasteiger charge is -2.37. The van der Waals surface area contributed by atoms with Crippen molar-refractivity contribution in [2.45, 2.75) is 72.1 Å². The third-order valence-electron chi connectivity index (χ3n) is 4.02. The summed E-state index contributed by atoms with van der Waals surface area (Å²) in [6.45, 7) is 14.4. The van der Waals surface area contributed by atoms with Crippen LogP contribution in [0.15, 0.2) is 0 Å². The molecule has 0 aromatic heterocycles. The van der Waals surface area contributed by atoms with E-state index in [1.54, 1.807) is 0 Å². The Morgan fingerprint density at radius 2 is 1.86 bits per heavy atom. The van der Waals surface area contributed by atoms with Crippen molar-refractivity contribution in [3.8, 4) is 0 Å². The first-order valence-corrected chi connectivity index (χ1v) is 8.53. The maximum absolute atomic E-state index is 11.7. The van der Waals surface area contributed by atoms with Crippen molar-refractivity contribution in [2.24, 2.45) is 11.8 Å². The molecule has 1 aliphatic rings. The van der Waals surface area contributed by atoms with E-state index in [1.807, 2.05) is 27.7 Å². The van der Waals surface area contributed by atoms with Gasteiger partial charge in [-0.25, -0.2) is 4.79 Å². The minimum Gasteiger partial charge on any atom is -0.444 e. The molecule has 0 heterocycles. The molecule has 1 aliphatic carbocycles. The third-order valence-corrected chi connectivity index (χ3v) is 4.02. The molecular formula is C17H34N2O3. The van der Waals surface area contributed by atoms with Gasteiger partial charge in [0.05, 0.1) is 6.10 Å². The van der Waals surface area contributed by atoms with Crippen LogP contribution in [0.5, 0.6) is 0 Å². The summed E-state index contributed by atoms with van der Waals surface area (Å²) in [5.74, 6) is 0.906. The van der Waals surface area contributed by atoms with Crippen LogP contribution >= 0.6 is 0 Å². The average Bonchev–Trinajstić information content (AvgIpc) is 2.32. The van der Waals surface area contributed by atoms with Crippen LogP contribution in [0.2, 0.25) is 0 Å². The second kappa shape index (κ2) is 8.73. The lowest BCUT2D eigenvalue weighted by Crippen LogP contribution is -2.48. The predicted molar refractivity (Wildman–Crippen MR) is 89.0 cm³/mol. The second-order valence-corrected chi connectivity index (χ2v) is 7.54. The topological polar surface area (TPSA) is 59.6 Å². The molecule has 1 saturated carbocycles. The van der Waals surface area contributed by atoms with Crippen LogP contribution in [0.3, 0.4) is 0 Å². The van der Waals surface area contributed by atoms with Crippen molar-refractivity contribution in [2.75, 3.05) is 19.7 Å². The van der Waals surface area contributed by atoms with E-state index in [0.29, 0.717) is 30.5 Å². The summed E-state index contributed by atoms with van der Waals surface area (Å²) in [6.07, 6.45) is 2.29. The molecule has 1 amide bonds. The Morgan fingerprint density at radius 3 is 2.36 bits per heavy atom. The van der Waals surface area contributed by atoms with Crippen LogP contribution in [0, 0.1) is 11.8 Å². The maximum atomic E-state index is 11.7. The molecule has 1 rings (SSSR count). The zero-order valence-corrected chi connectivity index (χ0v) is 15.1. The molecule has 0 bridgehead atoms. The molecular weight excluding hydrogens is 280 g/mol. The van der Waals surface area contributed by atoms with Gasteiger partial charge in [-0.2, -0.15) is 0 Å². The molecule has 0 saturated heterocycles. The van der Waals surface area contributed by atoms with E-state index in [1.165, 1.54) is 0 Å². The molecule has 1 atom stereocenters. The summed E-state index contributed by atoms with van der Waals surface area (Å²) < 4.78 is 10.9. The fourth-order valence-electron chi connectivity index (χ4n) is 2.49. The standard InChI is InChI=1S/C17H34N2O3/c1-7-21-15-8-14(9-15)18-10-13(12(2)3)11-19-16(20)22-17(4,5)6/h12-15,18H,7-11H2,1-6H3,(H,19,20). The van der Waals surface area contributed by atoms with Gasteiger partial charge in [-0.05, 0) is 52.4 Å². The summed E-state index contributed by atoms with van der Waals surface area (Å²) >= 11 is 0. The monoisotopic (exact) mass is 314 g/mol. The number of hydrogen-bond acceptors (Lipinski definition) is 4. The highest BCUT2D eigenvalue weighted by Gasteiger charge is 2.30. The van der Waals surface area contributed by atoms with Gasteiger partial charge in [-0.15, -0.1) is 0 Å². The molecule has 0 spiro atoms. The maximum Gasteiger partial charge on any atom is 0.407 e. The molecule has 5 nitrogen and oxygen atoms in total. The number of rotatable bonds is 8. The molecule has 0 aromatic rings. The van der Waals surface area contributed by atoms with Gasteiger partial charge < -0.3 is 20.1 Å². The summed E-state index contributed by atoms with van der Waals surface area (Å²) in [5.41, 5.74) is -0.449. The van der Waals surface area contributed by atoms with Crippen LogP contribution in [0.4, 0.5) is 4.79 Å². The van der Waals surface area contributed by atoms with Gasteiger partial charge in [0.2, 0.25) is 0 Å². The van der Waals surface area contributed by atoms with Crippen LogP contribution in [-0.4, -0.2) is 43.5 Å². The SMILES string of the molecule is CCOC1CC(NCC(CNC(=O)OC(C)(C)C)C(C)C)C1. The Balaban J connectivity index is 2.24. The van der Waals surface area contributed by atoms with Gasteiger partial charge >= 0.3 is 6.09 Å². The van der Waals surface area contributed by atoms with E-state index in [-0.39, 0.29) is 6.09 Å². The number of hydrogen-bond donors (Lipinski definition) is 2. The van der Waals surface area contributed by atoms with Crippen LogP contribution in [-0.2, 0) is 9.47 Å². The third kappa shape index (κ3) is 7.45. The summed E-state index contributed by atoms with van der Waals surface area (Å²) in [4.78, 5) is 11.7. The minimum atomic E-state index is -0.449. The van der Waals surface area contributed by atoms with E-state index in [0.717, 1.165) is 26.0 Å². The fourth-order valence-corrected chi connectivity index (χ4v) is 2.49. The summed E-state index contributed by atoms with van der Waals surface area (Å²) in [6, 6.07) is 0.555. The minimum absolute atomic E-state index is 0.335. The summed E-state index contributed by atoms with van der Waals surface area (Å²) in [7, 11) is 0. The lowest BCUT2D eigenvalue weighted by molar-refractivity contribution is -0.0109. The van der Waals surface area contributed by atoms with E-state index in [9.17, 15) is 4.79 Å². The van der Waals surface area contributed by atoms with Gasteiger partial charge in [-0.3, -0.25) is 0 Å². The van der Waals surface area contributed by atoms with Crippen molar-refractivity contribution in [3.05, 3.63) is 0 Å². The normalized spacial score (nSPS) is 23.0. The lowest BCUT2D eigenvalue weighted by atomic mass is 9.88. The van der Waals surface area contributed by atoms with Gasteiger partial charge in [-0.1, -0.05) is 13.8 Å². The zero-order chi connectivity index (χ0) is 16.8. The Kier molecular flexibility index (Phi) is 7.63. The highest BCUT2D eigenvalue weighted by Crippen LogP contribution is 2.23. The summed E-state index contributed by atoms with van der Waals surface area (Å²) in [5, 5.41) is 6.47. The van der Waals surface area contributed by atoms with E-state index < -0.39 is 5.60 Å². The number of carbonyl (C=O) groups excluding carboxylic acids is 1. The predicted octanol–water partition coefficient (Wildman–Crippen LogP) is 2.94. The molecule has 1 fully saturated rings. The Morgan fingerprint density at radius 1 is 1.23 bits per heavy atom. The molecule has 5 heteroatoms. The Bertz CT molecular complexity index is 333. The highest BCUT2D eigenvalue weighted by molar-refractivity contribution is 5.67. The van der Waals surface area contributed by atoms with Crippen molar-refractivity contribution in [3.63, 3.8) is 0 Å². The van der Waals surface area contributed by atoms with Crippen LogP contribution in [0.1, 0.15) is 54.4 Å². The van der Waals surface area contributed by atoms with E-state index >= 15 is 0 Å². The molecule has 130 valence electrons. The van der Waals surface area contributed by atoms with Gasteiger partial charge in [0, 0.05) is 25.7 Å². The molecule has 0 radical (unpaired) electrons. The zero-order valence-electron chi connectivity index (χ0n) is 15.1. The van der Waals surface area contributed by atoms with E-state index in [2.05, 4.69) is 24.5 Å². The van der Waals surface area contributed by atoms with Crippen molar-refractivity contribution in [1.82, 2.24) is 10.6 Å². The number of nitrogens with one attached hydrogen (secondary N) is 2. The van der Waals surface area contributed by atoms with Crippen molar-refractivity contribution in [1.29, 1.82) is 0 Å². The average molecular weight is 314 g/mol. The second-order valence-electron chi connectivity index (χ2n) is 7.54. The van der Waals surface area contributed by atoms with Crippen LogP contribution in [0.25, 0.3) is 0 Å². The van der Waals surface area contributed by atoms with Crippen molar-refractivity contribution >= 4 is 6.09 Å². The highest BCUT2D eigenvalue weighted by atomic mass is 16.6.